The van der Waals surface area contributed by atoms with E-state index in [0.717, 1.165) is 52.8 Å². The van der Waals surface area contributed by atoms with Gasteiger partial charge in [-0.25, -0.2) is 9.67 Å². The van der Waals surface area contributed by atoms with E-state index in [1.165, 1.54) is 4.31 Å². The molecule has 36 heavy (non-hydrogen) atoms. The smallest absolute Gasteiger partial charge is 0.299 e. The van der Waals surface area contributed by atoms with E-state index >= 15 is 0 Å². The molecule has 0 saturated carbocycles. The quantitative estimate of drug-likeness (QED) is 0.381. The first kappa shape index (κ1) is 22.5. The minimum absolute atomic E-state index is 0.470. The molecular formula is C25H26N8O2S. The van der Waals surface area contributed by atoms with Crippen molar-refractivity contribution in [1.82, 2.24) is 33.4 Å². The lowest BCUT2D eigenvalue weighted by molar-refractivity contribution is 0.349. The van der Waals surface area contributed by atoms with Gasteiger partial charge < -0.3 is 0 Å². The Morgan fingerprint density at radius 1 is 0.944 bits per heavy atom. The molecule has 0 radical (unpaired) electrons. The number of aryl methyl sites for hydroxylation is 1. The van der Waals surface area contributed by atoms with Gasteiger partial charge in [-0.2, -0.15) is 22.9 Å². The van der Waals surface area contributed by atoms with Crippen LogP contribution in [0.15, 0.2) is 73.6 Å². The van der Waals surface area contributed by atoms with E-state index in [0.29, 0.717) is 18.8 Å². The van der Waals surface area contributed by atoms with Crippen LogP contribution >= 0.6 is 0 Å². The normalized spacial score (nSPS) is 14.9. The molecule has 1 saturated heterocycles. The fourth-order valence-corrected chi connectivity index (χ4v) is 5.92. The van der Waals surface area contributed by atoms with Crippen LogP contribution in [0.3, 0.4) is 0 Å². The average Bonchev–Trinajstić information content (AvgIpc) is 3.65. The number of fused-ring (bicyclic) bond motifs is 1. The Morgan fingerprint density at radius 3 is 2.53 bits per heavy atom. The van der Waals surface area contributed by atoms with E-state index in [2.05, 4.69) is 19.9 Å². The molecule has 4 heterocycles. The van der Waals surface area contributed by atoms with Crippen molar-refractivity contribution in [3.63, 3.8) is 0 Å². The first-order valence-electron chi connectivity index (χ1n) is 11.9. The van der Waals surface area contributed by atoms with Gasteiger partial charge in [-0.05, 0) is 54.8 Å². The second-order valence-electron chi connectivity index (χ2n) is 8.98. The van der Waals surface area contributed by atoms with Gasteiger partial charge in [0.05, 0.1) is 34.3 Å². The molecule has 0 aliphatic carbocycles. The highest BCUT2D eigenvalue weighted by atomic mass is 32.2. The van der Waals surface area contributed by atoms with Crippen molar-refractivity contribution in [2.24, 2.45) is 7.05 Å². The first-order chi connectivity index (χ1) is 17.5. The van der Waals surface area contributed by atoms with Crippen molar-refractivity contribution in [2.45, 2.75) is 19.3 Å². The molecule has 0 amide bonds. The summed E-state index contributed by atoms with van der Waals surface area (Å²) in [4.78, 5) is 4.62. The SMILES string of the molecule is Cn1cc(-c2ccc3c(c2)ncn3-c2cc(NS(=O)(=O)N3CCCCC3)cc(-n3cccn3)c2)cn1. The Kier molecular flexibility index (Phi) is 5.57. The zero-order valence-corrected chi connectivity index (χ0v) is 20.6. The molecule has 11 heteroatoms. The van der Waals surface area contributed by atoms with Gasteiger partial charge in [0, 0.05) is 44.3 Å². The number of rotatable bonds is 6. The Labute approximate surface area is 209 Å². The molecular weight excluding hydrogens is 476 g/mol. The number of benzene rings is 2. The molecule has 3 aromatic heterocycles. The molecule has 10 nitrogen and oxygen atoms in total. The third-order valence-corrected chi connectivity index (χ3v) is 7.98. The van der Waals surface area contributed by atoms with Gasteiger partial charge in [-0.15, -0.1) is 0 Å². The van der Waals surface area contributed by atoms with Crippen molar-refractivity contribution in [2.75, 3.05) is 17.8 Å². The van der Waals surface area contributed by atoms with Gasteiger partial charge in [0.1, 0.15) is 6.33 Å². The van der Waals surface area contributed by atoms with E-state index in [-0.39, 0.29) is 0 Å². The lowest BCUT2D eigenvalue weighted by Gasteiger charge is -2.26. The predicted molar refractivity (Wildman–Crippen MR) is 138 cm³/mol. The minimum atomic E-state index is -3.66. The number of hydrogen-bond acceptors (Lipinski definition) is 5. The van der Waals surface area contributed by atoms with Crippen molar-refractivity contribution in [1.29, 1.82) is 0 Å². The molecule has 0 spiro atoms. The van der Waals surface area contributed by atoms with Crippen LogP contribution < -0.4 is 4.72 Å². The number of anilines is 1. The minimum Gasteiger partial charge on any atom is -0.299 e. The summed E-state index contributed by atoms with van der Waals surface area (Å²) in [5.41, 5.74) is 5.77. The largest absolute Gasteiger partial charge is 0.301 e. The van der Waals surface area contributed by atoms with Crippen LogP contribution in [0.2, 0.25) is 0 Å². The Balaban J connectivity index is 1.41. The summed E-state index contributed by atoms with van der Waals surface area (Å²) in [5.74, 6) is 0. The molecule has 1 aliphatic rings. The lowest BCUT2D eigenvalue weighted by atomic mass is 10.1. The molecule has 0 unspecified atom stereocenters. The third-order valence-electron chi connectivity index (χ3n) is 6.44. The zero-order chi connectivity index (χ0) is 24.7. The summed E-state index contributed by atoms with van der Waals surface area (Å²) in [5, 5.41) is 8.60. The summed E-state index contributed by atoms with van der Waals surface area (Å²) >= 11 is 0. The van der Waals surface area contributed by atoms with Crippen LogP contribution in [0.5, 0.6) is 0 Å². The predicted octanol–water partition coefficient (Wildman–Crippen LogP) is 3.75. The topological polar surface area (TPSA) is 103 Å². The second kappa shape index (κ2) is 8.92. The maximum Gasteiger partial charge on any atom is 0.301 e. The highest BCUT2D eigenvalue weighted by molar-refractivity contribution is 7.90. The van der Waals surface area contributed by atoms with Gasteiger partial charge in [0.15, 0.2) is 0 Å². The lowest BCUT2D eigenvalue weighted by Crippen LogP contribution is -2.39. The number of imidazole rings is 1. The fourth-order valence-electron chi connectivity index (χ4n) is 4.63. The van der Waals surface area contributed by atoms with Crippen molar-refractivity contribution >= 4 is 26.9 Å². The monoisotopic (exact) mass is 502 g/mol. The van der Waals surface area contributed by atoms with Crippen molar-refractivity contribution in [3.8, 4) is 22.5 Å². The second-order valence-corrected chi connectivity index (χ2v) is 10.6. The van der Waals surface area contributed by atoms with Crippen LogP contribution in [-0.2, 0) is 17.3 Å². The van der Waals surface area contributed by atoms with Crippen LogP contribution in [0.4, 0.5) is 5.69 Å². The van der Waals surface area contributed by atoms with Crippen LogP contribution in [-0.4, -0.2) is 54.9 Å². The number of aromatic nitrogens is 6. The Morgan fingerprint density at radius 2 is 1.78 bits per heavy atom. The zero-order valence-electron chi connectivity index (χ0n) is 19.8. The van der Waals surface area contributed by atoms with Crippen LogP contribution in [0, 0.1) is 0 Å². The third kappa shape index (κ3) is 4.27. The van der Waals surface area contributed by atoms with Crippen molar-refractivity contribution in [3.05, 3.63) is 73.6 Å². The summed E-state index contributed by atoms with van der Waals surface area (Å²) in [6.07, 6.45) is 11.9. The number of hydrogen-bond donors (Lipinski definition) is 1. The molecule has 2 aromatic carbocycles. The maximum atomic E-state index is 13.1. The number of nitrogens with zero attached hydrogens (tertiary/aromatic N) is 7. The van der Waals surface area contributed by atoms with Crippen LogP contribution in [0.25, 0.3) is 33.5 Å². The van der Waals surface area contributed by atoms with Gasteiger partial charge >= 0.3 is 10.2 Å². The van der Waals surface area contributed by atoms with Crippen LogP contribution in [0.1, 0.15) is 19.3 Å². The molecule has 1 N–H and O–H groups in total. The van der Waals surface area contributed by atoms with Gasteiger partial charge in [0.25, 0.3) is 0 Å². The summed E-state index contributed by atoms with van der Waals surface area (Å²) < 4.78 is 35.9. The van der Waals surface area contributed by atoms with E-state index in [1.807, 2.05) is 66.6 Å². The molecule has 0 atom stereocenters. The summed E-state index contributed by atoms with van der Waals surface area (Å²) in [6.45, 7) is 1.07. The van der Waals surface area contributed by atoms with Crippen molar-refractivity contribution < 1.29 is 8.42 Å². The Hall–Kier alpha value is -3.96. The Bertz CT molecular complexity index is 1630. The van der Waals surface area contributed by atoms with E-state index < -0.39 is 10.2 Å². The molecule has 0 bridgehead atoms. The first-order valence-corrected chi connectivity index (χ1v) is 13.3. The van der Waals surface area contributed by atoms with Gasteiger partial charge in [0.2, 0.25) is 0 Å². The maximum absolute atomic E-state index is 13.1. The summed E-state index contributed by atoms with van der Waals surface area (Å²) in [6, 6.07) is 13.5. The summed E-state index contributed by atoms with van der Waals surface area (Å²) in [7, 11) is -1.77. The molecule has 5 aromatic rings. The average molecular weight is 503 g/mol. The van der Waals surface area contributed by atoms with E-state index in [1.54, 1.807) is 28.0 Å². The number of piperidine rings is 1. The molecule has 1 fully saturated rings. The molecule has 1 aliphatic heterocycles. The highest BCUT2D eigenvalue weighted by Gasteiger charge is 2.24. The van der Waals surface area contributed by atoms with Gasteiger partial charge in [-0.3, -0.25) is 14.0 Å². The molecule has 6 rings (SSSR count). The highest BCUT2D eigenvalue weighted by Crippen LogP contribution is 2.28. The standard InChI is InChI=1S/C25H26N8O2S/c1-30-17-20(16-28-30)19-6-7-25-24(12-19)26-18-32(25)22-13-21(14-23(15-22)33-11-5-8-27-33)29-36(34,35)31-9-3-2-4-10-31/h5-8,11-18,29H,2-4,9-10H2,1H3. The number of nitrogens with one attached hydrogen (secondary N) is 1. The molecule has 184 valence electrons. The van der Waals surface area contributed by atoms with Gasteiger partial charge in [-0.1, -0.05) is 12.5 Å². The fraction of sp³-hybridized carbons (Fsp3) is 0.240. The van der Waals surface area contributed by atoms with E-state index in [9.17, 15) is 8.42 Å². The van der Waals surface area contributed by atoms with E-state index in [4.69, 9.17) is 0 Å².